The molecule has 2 aromatic rings. The summed E-state index contributed by atoms with van der Waals surface area (Å²) in [5, 5.41) is 11.2. The van der Waals surface area contributed by atoms with E-state index in [2.05, 4.69) is 32.3 Å². The molecule has 0 aromatic carbocycles. The molecule has 0 bridgehead atoms. The van der Waals surface area contributed by atoms with Crippen LogP contribution >= 0.6 is 11.3 Å². The van der Waals surface area contributed by atoms with E-state index in [1.165, 1.54) is 4.88 Å². The molecule has 1 amide bonds. The molecule has 8 nitrogen and oxygen atoms in total. The number of fused-ring (bicyclic) bond motifs is 1. The van der Waals surface area contributed by atoms with Crippen molar-refractivity contribution in [1.29, 1.82) is 0 Å². The van der Waals surface area contributed by atoms with Crippen molar-refractivity contribution in [3.63, 3.8) is 0 Å². The van der Waals surface area contributed by atoms with Gasteiger partial charge >= 0.3 is 0 Å². The number of ether oxygens (including phenoxy) is 1. The van der Waals surface area contributed by atoms with Gasteiger partial charge in [0, 0.05) is 37.0 Å². The number of carbonyl (C=O) groups is 1. The van der Waals surface area contributed by atoms with Gasteiger partial charge in [0.2, 0.25) is 5.91 Å². The molecule has 1 N–H and O–H groups in total. The van der Waals surface area contributed by atoms with Crippen LogP contribution in [0.25, 0.3) is 0 Å². The Hall–Kier alpha value is -1.84. The molecule has 2 saturated heterocycles. The Bertz CT molecular complexity index is 805. The first-order valence-electron chi connectivity index (χ1n) is 9.46. The van der Waals surface area contributed by atoms with Crippen LogP contribution in [0.4, 0.5) is 0 Å². The fourth-order valence-electron chi connectivity index (χ4n) is 4.14. The first kappa shape index (κ1) is 18.5. The summed E-state index contributed by atoms with van der Waals surface area (Å²) in [4.78, 5) is 21.1. The zero-order chi connectivity index (χ0) is 18.9. The van der Waals surface area contributed by atoms with Gasteiger partial charge < -0.3 is 14.6 Å². The number of carbonyl (C=O) groups excluding carboxylic acids is 1. The highest BCUT2D eigenvalue weighted by Gasteiger charge is 2.55. The molecule has 2 aliphatic heterocycles. The molecule has 146 valence electrons. The lowest BCUT2D eigenvalue weighted by atomic mass is 9.80. The van der Waals surface area contributed by atoms with E-state index >= 15 is 0 Å². The Labute approximate surface area is 162 Å². The second-order valence-corrected chi connectivity index (χ2v) is 8.46. The van der Waals surface area contributed by atoms with E-state index in [0.29, 0.717) is 19.8 Å². The van der Waals surface area contributed by atoms with Gasteiger partial charge in [-0.25, -0.2) is 4.98 Å². The normalized spacial score (nSPS) is 25.0. The smallest absolute Gasteiger partial charge is 0.230 e. The van der Waals surface area contributed by atoms with Crippen molar-refractivity contribution in [2.24, 2.45) is 11.3 Å². The molecule has 2 atom stereocenters. The maximum atomic E-state index is 13.1. The highest BCUT2D eigenvalue weighted by molar-refractivity contribution is 7.09. The Morgan fingerprint density at radius 2 is 2.41 bits per heavy atom. The molecule has 2 fully saturated rings. The molecule has 2 aromatic heterocycles. The van der Waals surface area contributed by atoms with Crippen molar-refractivity contribution < 1.29 is 9.53 Å². The molecule has 27 heavy (non-hydrogen) atoms. The molecule has 0 spiro atoms. The summed E-state index contributed by atoms with van der Waals surface area (Å²) in [5.74, 6) is 1.10. The number of aryl methyl sites for hydroxylation is 2. The van der Waals surface area contributed by atoms with Gasteiger partial charge in [-0.05, 0) is 13.3 Å². The second kappa shape index (κ2) is 7.65. The third kappa shape index (κ3) is 3.51. The van der Waals surface area contributed by atoms with Crippen LogP contribution < -0.4 is 5.32 Å². The number of nitrogens with zero attached hydrogens (tertiary/aromatic N) is 5. The fourth-order valence-corrected chi connectivity index (χ4v) is 4.96. The van der Waals surface area contributed by atoms with E-state index < -0.39 is 5.41 Å². The topological polar surface area (TPSA) is 85.2 Å². The predicted molar refractivity (Wildman–Crippen MR) is 101 cm³/mol. The van der Waals surface area contributed by atoms with Crippen molar-refractivity contribution in [1.82, 2.24) is 30.0 Å². The summed E-state index contributed by atoms with van der Waals surface area (Å²) >= 11 is 1.68. The van der Waals surface area contributed by atoms with Crippen LogP contribution in [0, 0.1) is 18.3 Å². The Balaban J connectivity index is 1.42. The first-order valence-corrected chi connectivity index (χ1v) is 10.3. The molecule has 0 aliphatic carbocycles. The molecule has 0 radical (unpaired) electrons. The maximum Gasteiger partial charge on any atom is 0.230 e. The van der Waals surface area contributed by atoms with Gasteiger partial charge in [0.05, 0.1) is 36.4 Å². The molecule has 9 heteroatoms. The summed E-state index contributed by atoms with van der Waals surface area (Å²) in [6.45, 7) is 9.02. The minimum Gasteiger partial charge on any atom is -0.380 e. The summed E-state index contributed by atoms with van der Waals surface area (Å²) in [6, 6.07) is 0. The number of hydrogen-bond acceptors (Lipinski definition) is 7. The molecule has 2 aliphatic rings. The highest BCUT2D eigenvalue weighted by Crippen LogP contribution is 2.42. The summed E-state index contributed by atoms with van der Waals surface area (Å²) in [7, 11) is 0. The minimum absolute atomic E-state index is 0.0691. The van der Waals surface area contributed by atoms with Crippen molar-refractivity contribution in [3.05, 3.63) is 28.2 Å². The summed E-state index contributed by atoms with van der Waals surface area (Å²) < 4.78 is 7.71. The number of rotatable bonds is 7. The quantitative estimate of drug-likeness (QED) is 0.765. The third-order valence-corrected chi connectivity index (χ3v) is 6.60. The van der Waals surface area contributed by atoms with Gasteiger partial charge in [-0.2, -0.15) is 0 Å². The van der Waals surface area contributed by atoms with E-state index in [-0.39, 0.29) is 11.8 Å². The van der Waals surface area contributed by atoms with Crippen molar-refractivity contribution in [2.75, 3.05) is 26.3 Å². The van der Waals surface area contributed by atoms with Crippen LogP contribution in [0.5, 0.6) is 0 Å². The van der Waals surface area contributed by atoms with Crippen LogP contribution in [0.2, 0.25) is 0 Å². The van der Waals surface area contributed by atoms with Gasteiger partial charge in [-0.1, -0.05) is 6.92 Å². The zero-order valence-electron chi connectivity index (χ0n) is 15.8. The molecule has 4 heterocycles. The van der Waals surface area contributed by atoms with Crippen molar-refractivity contribution in [2.45, 2.75) is 39.9 Å². The molecular formula is C18H26N6O2S. The second-order valence-electron chi connectivity index (χ2n) is 7.52. The molecular weight excluding hydrogens is 364 g/mol. The monoisotopic (exact) mass is 390 g/mol. The largest absolute Gasteiger partial charge is 0.380 e. The third-order valence-electron chi connectivity index (χ3n) is 5.68. The Kier molecular flexibility index (Phi) is 5.25. The van der Waals surface area contributed by atoms with Gasteiger partial charge in [0.15, 0.2) is 5.82 Å². The van der Waals surface area contributed by atoms with Crippen molar-refractivity contribution >= 4 is 17.2 Å². The predicted octanol–water partition coefficient (Wildman–Crippen LogP) is 1.22. The Morgan fingerprint density at radius 1 is 1.52 bits per heavy atom. The number of amides is 1. The minimum atomic E-state index is -0.464. The summed E-state index contributed by atoms with van der Waals surface area (Å²) in [5.41, 5.74) is 2.51. The highest BCUT2D eigenvalue weighted by atomic mass is 32.1. The van der Waals surface area contributed by atoms with Crippen LogP contribution in [-0.4, -0.2) is 56.9 Å². The first-order chi connectivity index (χ1) is 13.1. The van der Waals surface area contributed by atoms with Gasteiger partial charge in [-0.15, -0.1) is 21.5 Å². The van der Waals surface area contributed by atoms with Gasteiger partial charge in [0.25, 0.3) is 0 Å². The number of hydrogen-bond donors (Lipinski definition) is 1. The zero-order valence-corrected chi connectivity index (χ0v) is 16.7. The SMILES string of the molecule is CCCn1cnnc1CNC(=O)[C@]12COC[C@H]1CN(Cc1scnc1C)C2. The van der Waals surface area contributed by atoms with Crippen LogP contribution in [0.1, 0.15) is 29.7 Å². The van der Waals surface area contributed by atoms with E-state index in [1.807, 2.05) is 17.0 Å². The fraction of sp³-hybridized carbons (Fsp3) is 0.667. The maximum absolute atomic E-state index is 13.1. The van der Waals surface area contributed by atoms with E-state index in [9.17, 15) is 4.79 Å². The molecule has 0 saturated carbocycles. The average Bonchev–Trinajstić information content (AvgIpc) is 3.39. The molecule has 0 unspecified atom stereocenters. The van der Waals surface area contributed by atoms with E-state index in [1.54, 1.807) is 17.7 Å². The number of nitrogens with one attached hydrogen (secondary N) is 1. The van der Waals surface area contributed by atoms with Gasteiger partial charge in [-0.3, -0.25) is 9.69 Å². The van der Waals surface area contributed by atoms with Crippen molar-refractivity contribution in [3.8, 4) is 0 Å². The lowest BCUT2D eigenvalue weighted by Gasteiger charge is -2.26. The van der Waals surface area contributed by atoms with E-state index in [4.69, 9.17) is 4.74 Å². The Morgan fingerprint density at radius 3 is 3.19 bits per heavy atom. The molecule has 4 rings (SSSR count). The number of likely N-dealkylation sites (tertiary alicyclic amines) is 1. The number of thiazole rings is 1. The van der Waals surface area contributed by atoms with Crippen LogP contribution in [0.15, 0.2) is 11.8 Å². The standard InChI is InChI=1S/C18H26N6O2S/c1-3-4-24-11-21-22-16(24)5-19-17(25)18-9-23(6-14(18)8-26-10-18)7-15-13(2)20-12-27-15/h11-12,14H,3-10H2,1-2H3,(H,19,25)/t14-,18-/m1/s1. The number of aromatic nitrogens is 4. The lowest BCUT2D eigenvalue weighted by Crippen LogP contribution is -2.46. The van der Waals surface area contributed by atoms with Crippen LogP contribution in [-0.2, 0) is 29.2 Å². The average molecular weight is 391 g/mol. The summed E-state index contributed by atoms with van der Waals surface area (Å²) in [6.07, 6.45) is 2.73. The van der Waals surface area contributed by atoms with E-state index in [0.717, 1.165) is 44.1 Å². The lowest BCUT2D eigenvalue weighted by molar-refractivity contribution is -0.131. The van der Waals surface area contributed by atoms with Gasteiger partial charge in [0.1, 0.15) is 6.33 Å². The van der Waals surface area contributed by atoms with Crippen LogP contribution in [0.3, 0.4) is 0 Å².